The van der Waals surface area contributed by atoms with Crippen molar-refractivity contribution in [2.75, 3.05) is 4.90 Å². The molecule has 1 heterocycles. The average molecular weight is 367 g/mol. The lowest BCUT2D eigenvalue weighted by Gasteiger charge is -2.45. The van der Waals surface area contributed by atoms with Gasteiger partial charge in [-0.1, -0.05) is 6.42 Å². The summed E-state index contributed by atoms with van der Waals surface area (Å²) in [4.78, 5) is 9.40. The van der Waals surface area contributed by atoms with Crippen molar-refractivity contribution < 1.29 is 18.1 Å². The fourth-order valence-electron chi connectivity index (χ4n) is 3.56. The number of benzene rings is 1. The summed E-state index contributed by atoms with van der Waals surface area (Å²) in [6, 6.07) is 2.77. The van der Waals surface area contributed by atoms with E-state index in [1.54, 1.807) is 13.0 Å². The van der Waals surface area contributed by atoms with Crippen LogP contribution in [0.4, 0.5) is 5.69 Å². The third kappa shape index (κ3) is 3.02. The third-order valence-corrected chi connectivity index (χ3v) is 5.44. The van der Waals surface area contributed by atoms with Gasteiger partial charge in [0.05, 0.1) is 5.69 Å². The Morgan fingerprint density at radius 3 is 2.44 bits per heavy atom. The number of nitrogens with zero attached hydrogens (tertiary/aromatic N) is 3. The van der Waals surface area contributed by atoms with Gasteiger partial charge in [-0.15, -0.1) is 0 Å². The molecule has 0 aromatic heterocycles. The third-order valence-electron chi connectivity index (χ3n) is 4.57. The van der Waals surface area contributed by atoms with Crippen molar-refractivity contribution in [1.82, 2.24) is 0 Å². The molecule has 10 heteroatoms. The number of guanidine groups is 2. The van der Waals surface area contributed by atoms with Gasteiger partial charge in [0.15, 0.2) is 5.75 Å². The molecule has 25 heavy (non-hydrogen) atoms. The molecule has 2 aliphatic rings. The van der Waals surface area contributed by atoms with Crippen molar-refractivity contribution in [2.24, 2.45) is 21.5 Å². The number of nitrogens with two attached hydrogens (primary N) is 2. The molecule has 1 aromatic rings. The molecule has 1 aromatic carbocycles. The van der Waals surface area contributed by atoms with Crippen molar-refractivity contribution in [1.29, 1.82) is 0 Å². The van der Waals surface area contributed by atoms with Gasteiger partial charge in [-0.25, -0.2) is 4.99 Å². The molecule has 0 radical (unpaired) electrons. The lowest BCUT2D eigenvalue weighted by Crippen LogP contribution is -2.58. The van der Waals surface area contributed by atoms with Gasteiger partial charge in [-0.2, -0.15) is 13.4 Å². The van der Waals surface area contributed by atoms with Crippen LogP contribution < -0.4 is 16.4 Å². The molecule has 1 spiro atoms. The monoisotopic (exact) mass is 367 g/mol. The van der Waals surface area contributed by atoms with Crippen LogP contribution in [0.5, 0.6) is 5.75 Å². The van der Waals surface area contributed by atoms with Crippen molar-refractivity contribution in [2.45, 2.75) is 49.6 Å². The second kappa shape index (κ2) is 5.88. The minimum Gasteiger partial charge on any atom is -0.504 e. The van der Waals surface area contributed by atoms with Crippen LogP contribution in [0.1, 0.15) is 37.7 Å². The van der Waals surface area contributed by atoms with Crippen LogP contribution >= 0.6 is 0 Å². The van der Waals surface area contributed by atoms with Crippen LogP contribution in [-0.4, -0.2) is 35.7 Å². The summed E-state index contributed by atoms with van der Waals surface area (Å²) in [7, 11) is -4.61. The summed E-state index contributed by atoms with van der Waals surface area (Å²) >= 11 is 0. The van der Waals surface area contributed by atoms with Crippen LogP contribution in [0.15, 0.2) is 27.0 Å². The largest absolute Gasteiger partial charge is 0.504 e. The fraction of sp³-hybridized carbons (Fsp3) is 0.467. The number of hydrogen-bond acceptors (Lipinski definition) is 8. The average Bonchev–Trinajstić information content (AvgIpc) is 2.49. The number of aromatic hydroxyl groups is 1. The van der Waals surface area contributed by atoms with Gasteiger partial charge in [-0.05, 0) is 50.3 Å². The molecule has 1 fully saturated rings. The molecular weight excluding hydrogens is 346 g/mol. The summed E-state index contributed by atoms with van der Waals surface area (Å²) in [5.41, 5.74) is 11.7. The Kier molecular flexibility index (Phi) is 4.12. The quantitative estimate of drug-likeness (QED) is 0.570. The summed E-state index contributed by atoms with van der Waals surface area (Å²) in [5, 5.41) is 10.5. The number of aryl methyl sites for hydroxylation is 1. The first-order valence-electron chi connectivity index (χ1n) is 7.95. The SMILES string of the molecule is Cc1cc(N2C(N)=NC(N)=NC23CCCCC3)c(O)c(S(=O)(=O)O)c1. The maximum Gasteiger partial charge on any atom is 0.298 e. The molecular formula is C15H21N5O4S. The predicted octanol–water partition coefficient (Wildman–Crippen LogP) is 1.06. The van der Waals surface area contributed by atoms with Gasteiger partial charge in [0.25, 0.3) is 10.1 Å². The van der Waals surface area contributed by atoms with Crippen LogP contribution in [0, 0.1) is 6.92 Å². The summed E-state index contributed by atoms with van der Waals surface area (Å²) in [5.74, 6) is -0.513. The van der Waals surface area contributed by atoms with Gasteiger partial charge in [0, 0.05) is 0 Å². The normalized spacial score (nSPS) is 20.3. The van der Waals surface area contributed by atoms with Crippen molar-refractivity contribution >= 4 is 27.7 Å². The van der Waals surface area contributed by atoms with E-state index in [9.17, 15) is 18.1 Å². The molecule has 0 bridgehead atoms. The maximum absolute atomic E-state index is 11.6. The second-order valence-electron chi connectivity index (χ2n) is 6.42. The number of anilines is 1. The maximum atomic E-state index is 11.6. The highest BCUT2D eigenvalue weighted by Gasteiger charge is 2.44. The number of aliphatic imine (C=N–C) groups is 2. The van der Waals surface area contributed by atoms with Crippen LogP contribution in [0.25, 0.3) is 0 Å². The van der Waals surface area contributed by atoms with E-state index < -0.39 is 26.4 Å². The van der Waals surface area contributed by atoms with Crippen molar-refractivity contribution in [3.05, 3.63) is 17.7 Å². The highest BCUT2D eigenvalue weighted by Crippen LogP contribution is 2.44. The zero-order chi connectivity index (χ0) is 18.4. The van der Waals surface area contributed by atoms with Gasteiger partial charge in [-0.3, -0.25) is 9.45 Å². The summed E-state index contributed by atoms with van der Waals surface area (Å²) in [6.07, 6.45) is 4.09. The molecule has 0 atom stereocenters. The molecule has 0 saturated heterocycles. The van der Waals surface area contributed by atoms with Crippen molar-refractivity contribution in [3.8, 4) is 5.75 Å². The Hall–Kier alpha value is -2.33. The van der Waals surface area contributed by atoms with E-state index in [1.807, 2.05) is 0 Å². The molecule has 9 nitrogen and oxygen atoms in total. The Bertz CT molecular complexity index is 872. The van der Waals surface area contributed by atoms with Gasteiger partial charge in [0.1, 0.15) is 10.6 Å². The van der Waals surface area contributed by atoms with Crippen molar-refractivity contribution in [3.63, 3.8) is 0 Å². The van der Waals surface area contributed by atoms with E-state index in [0.29, 0.717) is 18.4 Å². The predicted molar refractivity (Wildman–Crippen MR) is 94.2 cm³/mol. The van der Waals surface area contributed by atoms with Crippen LogP contribution in [-0.2, 0) is 10.1 Å². The first-order valence-corrected chi connectivity index (χ1v) is 9.39. The Labute approximate surface area is 145 Å². The van der Waals surface area contributed by atoms with Gasteiger partial charge < -0.3 is 16.6 Å². The Morgan fingerprint density at radius 2 is 1.84 bits per heavy atom. The molecule has 1 aliphatic heterocycles. The van der Waals surface area contributed by atoms with Gasteiger partial charge in [0.2, 0.25) is 11.9 Å². The topological polar surface area (TPSA) is 155 Å². The van der Waals surface area contributed by atoms with E-state index in [4.69, 9.17) is 11.5 Å². The second-order valence-corrected chi connectivity index (χ2v) is 7.81. The zero-order valence-electron chi connectivity index (χ0n) is 13.8. The minimum absolute atomic E-state index is 0.0246. The molecule has 0 amide bonds. The van der Waals surface area contributed by atoms with E-state index in [-0.39, 0.29) is 17.6 Å². The van der Waals surface area contributed by atoms with Crippen LogP contribution in [0.2, 0.25) is 0 Å². The standard InChI is InChI=1S/C15H21N5O4S/c1-9-7-10(12(21)11(8-9)25(22,23)24)20-14(17)18-13(16)19-15(20)5-3-2-4-6-15/h7-8,21H,2-6H2,1H3,(H,22,23,24)(H4,16,17,18,19). The molecule has 136 valence electrons. The first-order chi connectivity index (χ1) is 11.6. The highest BCUT2D eigenvalue weighted by atomic mass is 32.2. The molecule has 1 aliphatic carbocycles. The number of phenols is 1. The van der Waals surface area contributed by atoms with E-state index in [2.05, 4.69) is 9.98 Å². The van der Waals surface area contributed by atoms with Gasteiger partial charge >= 0.3 is 0 Å². The first kappa shape index (κ1) is 17.5. The lowest BCUT2D eigenvalue weighted by molar-refractivity contribution is 0.303. The molecule has 3 rings (SSSR count). The van der Waals surface area contributed by atoms with E-state index in [1.165, 1.54) is 11.0 Å². The Balaban J connectivity index is 2.23. The highest BCUT2D eigenvalue weighted by molar-refractivity contribution is 7.86. The summed E-state index contributed by atoms with van der Waals surface area (Å²) in [6.45, 7) is 1.65. The number of rotatable bonds is 2. The zero-order valence-corrected chi connectivity index (χ0v) is 14.6. The molecule has 1 saturated carbocycles. The number of hydrogen-bond donors (Lipinski definition) is 4. The smallest absolute Gasteiger partial charge is 0.298 e. The van der Waals surface area contributed by atoms with Crippen LogP contribution in [0.3, 0.4) is 0 Å². The minimum atomic E-state index is -4.61. The Morgan fingerprint density at radius 1 is 1.20 bits per heavy atom. The summed E-state index contributed by atoms with van der Waals surface area (Å²) < 4.78 is 32.6. The van der Waals surface area contributed by atoms with E-state index in [0.717, 1.165) is 19.3 Å². The lowest BCUT2D eigenvalue weighted by atomic mass is 9.87. The van der Waals surface area contributed by atoms with E-state index >= 15 is 0 Å². The fourth-order valence-corrected chi connectivity index (χ4v) is 4.25. The molecule has 6 N–H and O–H groups in total. The number of phenolic OH excluding ortho intramolecular Hbond substituents is 1. The molecule has 0 unspecified atom stereocenters.